The second-order valence-electron chi connectivity index (χ2n) is 6.06. The van der Waals surface area contributed by atoms with E-state index in [-0.39, 0.29) is 5.78 Å². The summed E-state index contributed by atoms with van der Waals surface area (Å²) in [7, 11) is 0. The summed E-state index contributed by atoms with van der Waals surface area (Å²) >= 11 is 0. The van der Waals surface area contributed by atoms with Crippen molar-refractivity contribution in [2.75, 3.05) is 5.73 Å². The Bertz CT molecular complexity index is 1240. The maximum atomic E-state index is 12.9. The molecule has 5 aromatic rings. The molecule has 7 nitrogen and oxygen atoms in total. The monoisotopic (exact) mass is 342 g/mol. The first-order chi connectivity index (χ1) is 12.7. The molecule has 2 aromatic carbocycles. The smallest absolute Gasteiger partial charge is 0.214 e. The van der Waals surface area contributed by atoms with Crippen molar-refractivity contribution in [1.82, 2.24) is 24.7 Å². The zero-order valence-electron chi connectivity index (χ0n) is 13.6. The second-order valence-corrected chi connectivity index (χ2v) is 6.06. The van der Waals surface area contributed by atoms with Gasteiger partial charge in [0, 0.05) is 10.9 Å². The van der Waals surface area contributed by atoms with Gasteiger partial charge in [0.05, 0.1) is 40.5 Å². The predicted molar refractivity (Wildman–Crippen MR) is 99.4 cm³/mol. The van der Waals surface area contributed by atoms with Crippen LogP contribution < -0.4 is 5.73 Å². The van der Waals surface area contributed by atoms with E-state index in [2.05, 4.69) is 20.1 Å². The Morgan fingerprint density at radius 3 is 2.85 bits per heavy atom. The van der Waals surface area contributed by atoms with Gasteiger partial charge in [-0.1, -0.05) is 18.2 Å². The molecule has 0 saturated carbocycles. The Kier molecular flexibility index (Phi) is 2.96. The summed E-state index contributed by atoms with van der Waals surface area (Å²) in [5.74, 6) is 0.106. The van der Waals surface area contributed by atoms with Crippen LogP contribution in [0.15, 0.2) is 61.1 Å². The molecule has 0 fully saturated rings. The lowest BCUT2D eigenvalue weighted by molar-refractivity contribution is 0.103. The molecule has 0 saturated heterocycles. The summed E-state index contributed by atoms with van der Waals surface area (Å²) in [6.07, 6.45) is 3.13. The number of nitrogen functional groups attached to an aromatic ring is 1. The molecule has 0 spiro atoms. The van der Waals surface area contributed by atoms with Gasteiger partial charge in [-0.2, -0.15) is 5.10 Å². The fourth-order valence-corrected chi connectivity index (χ4v) is 3.13. The number of carbonyl (C=O) groups excluding carboxylic acids is 1. The number of H-pyrrole nitrogens is 2. The molecule has 7 heteroatoms. The SMILES string of the molecule is Nc1c(C(=O)c2cc3ccccc3[nH]2)cnn1-c1ccc2[nH]cnc2c1. The summed E-state index contributed by atoms with van der Waals surface area (Å²) in [5.41, 5.74) is 10.5. The highest BCUT2D eigenvalue weighted by atomic mass is 16.1. The second kappa shape index (κ2) is 5.32. The molecule has 0 bridgehead atoms. The third-order valence-corrected chi connectivity index (χ3v) is 4.48. The number of benzene rings is 2. The van der Waals surface area contributed by atoms with Crippen molar-refractivity contribution in [3.05, 3.63) is 72.3 Å². The number of aromatic nitrogens is 5. The van der Waals surface area contributed by atoms with E-state index in [0.717, 1.165) is 27.6 Å². The van der Waals surface area contributed by atoms with Crippen molar-refractivity contribution in [1.29, 1.82) is 0 Å². The average Bonchev–Trinajstić information content (AvgIpc) is 3.38. The number of nitrogens with one attached hydrogen (secondary N) is 2. The van der Waals surface area contributed by atoms with Gasteiger partial charge in [0.15, 0.2) is 0 Å². The van der Waals surface area contributed by atoms with Gasteiger partial charge in [-0.05, 0) is 30.3 Å². The van der Waals surface area contributed by atoms with Crippen LogP contribution in [-0.2, 0) is 0 Å². The number of fused-ring (bicyclic) bond motifs is 2. The molecule has 0 aliphatic heterocycles. The van der Waals surface area contributed by atoms with Gasteiger partial charge in [-0.15, -0.1) is 0 Å². The first-order valence-corrected chi connectivity index (χ1v) is 8.10. The standard InChI is InChI=1S/C19H14N6O/c20-19-13(18(26)17-7-11-3-1-2-4-14(11)24-17)9-23-25(19)12-5-6-15-16(8-12)22-10-21-15/h1-10,24H,20H2,(H,21,22). The average molecular weight is 342 g/mol. The maximum absolute atomic E-state index is 12.9. The Labute approximate surface area is 147 Å². The Hall–Kier alpha value is -3.87. The number of para-hydroxylation sites is 1. The number of rotatable bonds is 3. The van der Waals surface area contributed by atoms with Gasteiger partial charge in [0.2, 0.25) is 5.78 Å². The van der Waals surface area contributed by atoms with Gasteiger partial charge < -0.3 is 15.7 Å². The van der Waals surface area contributed by atoms with E-state index in [1.54, 1.807) is 11.0 Å². The minimum atomic E-state index is -0.189. The highest BCUT2D eigenvalue weighted by molar-refractivity contribution is 6.12. The molecule has 3 aromatic heterocycles. The number of nitrogens with two attached hydrogens (primary N) is 1. The van der Waals surface area contributed by atoms with Crippen molar-refractivity contribution in [3.8, 4) is 5.69 Å². The quantitative estimate of drug-likeness (QED) is 0.438. The Balaban J connectivity index is 1.57. The number of carbonyl (C=O) groups is 1. The Morgan fingerprint density at radius 2 is 1.96 bits per heavy atom. The van der Waals surface area contributed by atoms with Gasteiger partial charge in [-0.25, -0.2) is 9.67 Å². The summed E-state index contributed by atoms with van der Waals surface area (Å²) in [6.45, 7) is 0. The molecule has 0 unspecified atom stereocenters. The van der Waals surface area contributed by atoms with E-state index in [4.69, 9.17) is 5.73 Å². The van der Waals surface area contributed by atoms with Crippen LogP contribution in [0.3, 0.4) is 0 Å². The van der Waals surface area contributed by atoms with Crippen LogP contribution in [0.25, 0.3) is 27.6 Å². The zero-order valence-corrected chi connectivity index (χ0v) is 13.6. The molecular weight excluding hydrogens is 328 g/mol. The lowest BCUT2D eigenvalue weighted by atomic mass is 10.1. The lowest BCUT2D eigenvalue weighted by Crippen LogP contribution is -2.07. The number of anilines is 1. The molecule has 0 atom stereocenters. The topological polar surface area (TPSA) is 105 Å². The number of aromatic amines is 2. The third kappa shape index (κ3) is 2.11. The summed E-state index contributed by atoms with van der Waals surface area (Å²) < 4.78 is 1.55. The van der Waals surface area contributed by atoms with Crippen LogP contribution >= 0.6 is 0 Å². The van der Waals surface area contributed by atoms with Crippen LogP contribution in [0.4, 0.5) is 5.82 Å². The van der Waals surface area contributed by atoms with Gasteiger partial charge in [0.25, 0.3) is 0 Å². The third-order valence-electron chi connectivity index (χ3n) is 4.48. The molecule has 4 N–H and O–H groups in total. The molecule has 5 rings (SSSR count). The molecule has 0 radical (unpaired) electrons. The van der Waals surface area contributed by atoms with Gasteiger partial charge in [-0.3, -0.25) is 4.79 Å². The number of hydrogen-bond acceptors (Lipinski definition) is 4. The van der Waals surface area contributed by atoms with Crippen molar-refractivity contribution >= 4 is 33.5 Å². The normalized spacial score (nSPS) is 11.4. The van der Waals surface area contributed by atoms with Crippen LogP contribution in [0.1, 0.15) is 16.1 Å². The fraction of sp³-hybridized carbons (Fsp3) is 0. The largest absolute Gasteiger partial charge is 0.383 e. The molecule has 0 amide bonds. The highest BCUT2D eigenvalue weighted by Crippen LogP contribution is 2.23. The van der Waals surface area contributed by atoms with Gasteiger partial charge in [0.1, 0.15) is 5.82 Å². The minimum Gasteiger partial charge on any atom is -0.383 e. The number of ketones is 1. The first-order valence-electron chi connectivity index (χ1n) is 8.10. The first kappa shape index (κ1) is 14.5. The van der Waals surface area contributed by atoms with Crippen LogP contribution in [-0.4, -0.2) is 30.5 Å². The van der Waals surface area contributed by atoms with E-state index in [1.165, 1.54) is 6.20 Å². The van der Waals surface area contributed by atoms with Crippen LogP contribution in [0, 0.1) is 0 Å². The van der Waals surface area contributed by atoms with E-state index >= 15 is 0 Å². The molecule has 0 aliphatic rings. The summed E-state index contributed by atoms with van der Waals surface area (Å²) in [5, 5.41) is 5.27. The lowest BCUT2D eigenvalue weighted by Gasteiger charge is -2.05. The van der Waals surface area contributed by atoms with Crippen molar-refractivity contribution in [2.24, 2.45) is 0 Å². The van der Waals surface area contributed by atoms with Crippen LogP contribution in [0.2, 0.25) is 0 Å². The summed E-state index contributed by atoms with van der Waals surface area (Å²) in [4.78, 5) is 23.3. The minimum absolute atomic E-state index is 0.189. The summed E-state index contributed by atoms with van der Waals surface area (Å²) in [6, 6.07) is 15.2. The molecule has 3 heterocycles. The van der Waals surface area contributed by atoms with Crippen molar-refractivity contribution < 1.29 is 4.79 Å². The van der Waals surface area contributed by atoms with Crippen molar-refractivity contribution in [2.45, 2.75) is 0 Å². The van der Waals surface area contributed by atoms with E-state index in [0.29, 0.717) is 17.1 Å². The molecular formula is C19H14N6O. The van der Waals surface area contributed by atoms with Crippen LogP contribution in [0.5, 0.6) is 0 Å². The maximum Gasteiger partial charge on any atom is 0.214 e. The highest BCUT2D eigenvalue weighted by Gasteiger charge is 2.19. The molecule has 26 heavy (non-hydrogen) atoms. The Morgan fingerprint density at radius 1 is 1.08 bits per heavy atom. The van der Waals surface area contributed by atoms with Crippen molar-refractivity contribution in [3.63, 3.8) is 0 Å². The molecule has 126 valence electrons. The van der Waals surface area contributed by atoms with E-state index < -0.39 is 0 Å². The van der Waals surface area contributed by atoms with E-state index in [9.17, 15) is 4.79 Å². The fourth-order valence-electron chi connectivity index (χ4n) is 3.13. The zero-order chi connectivity index (χ0) is 17.7. The number of nitrogens with zero attached hydrogens (tertiary/aromatic N) is 3. The number of hydrogen-bond donors (Lipinski definition) is 3. The van der Waals surface area contributed by atoms with Gasteiger partial charge >= 0.3 is 0 Å². The number of imidazole rings is 1. The van der Waals surface area contributed by atoms with E-state index in [1.807, 2.05) is 48.5 Å². The molecule has 0 aliphatic carbocycles. The predicted octanol–water partition coefficient (Wildman–Crippen LogP) is 3.04.